The lowest BCUT2D eigenvalue weighted by Gasteiger charge is -2.30. The first kappa shape index (κ1) is 13.9. The molecule has 0 spiro atoms. The number of methoxy groups -OCH3 is 1. The topological polar surface area (TPSA) is 29.5 Å². The van der Waals surface area contributed by atoms with Gasteiger partial charge in [-0.25, -0.2) is 0 Å². The first-order chi connectivity index (χ1) is 9.61. The highest BCUT2D eigenvalue weighted by Crippen LogP contribution is 2.41. The number of rotatable bonds is 5. The summed E-state index contributed by atoms with van der Waals surface area (Å²) in [7, 11) is 1.63. The number of ether oxygens (including phenoxy) is 1. The molecule has 2 aliphatic rings. The minimum atomic E-state index is 0.137. The minimum absolute atomic E-state index is 0.137. The van der Waals surface area contributed by atoms with E-state index in [2.05, 4.69) is 27.8 Å². The fraction of sp³-hybridized carbons (Fsp3) is 0.562. The number of carbonyl (C=O) groups excluding carboxylic acids is 1. The normalized spacial score (nSPS) is 19.6. The molecule has 3 rings (SSSR count). The van der Waals surface area contributed by atoms with Crippen LogP contribution in [0.25, 0.3) is 0 Å². The molecule has 1 atom stereocenters. The Balaban J connectivity index is 1.88. The Bertz CT molecular complexity index is 523. The van der Waals surface area contributed by atoms with Crippen LogP contribution in [0.4, 0.5) is 0 Å². The number of amides is 1. The Morgan fingerprint density at radius 1 is 1.35 bits per heavy atom. The van der Waals surface area contributed by atoms with Crippen LogP contribution in [0, 0.1) is 5.92 Å². The first-order valence-corrected chi connectivity index (χ1v) is 8.07. The zero-order valence-electron chi connectivity index (χ0n) is 11.9. The van der Waals surface area contributed by atoms with E-state index in [1.807, 2.05) is 18.2 Å². The van der Waals surface area contributed by atoms with Crippen LogP contribution in [0.3, 0.4) is 0 Å². The van der Waals surface area contributed by atoms with Crippen molar-refractivity contribution < 1.29 is 9.53 Å². The van der Waals surface area contributed by atoms with Gasteiger partial charge in [-0.2, -0.15) is 0 Å². The monoisotopic (exact) mass is 337 g/mol. The second-order valence-electron chi connectivity index (χ2n) is 5.87. The second-order valence-corrected chi connectivity index (χ2v) is 6.72. The molecule has 0 heterocycles. The predicted octanol–water partition coefficient (Wildman–Crippen LogP) is 3.86. The van der Waals surface area contributed by atoms with E-state index in [0.717, 1.165) is 23.1 Å². The van der Waals surface area contributed by atoms with Gasteiger partial charge in [0.25, 0.3) is 5.91 Å². The lowest BCUT2D eigenvalue weighted by atomic mass is 10.1. The minimum Gasteiger partial charge on any atom is -0.497 e. The van der Waals surface area contributed by atoms with E-state index in [1.54, 1.807) is 7.11 Å². The SMILES string of the molecule is COc1ccc(Br)c(C(=O)N(C2CC2)C(C)C2CC2)c1. The van der Waals surface area contributed by atoms with Gasteiger partial charge in [0.1, 0.15) is 5.75 Å². The summed E-state index contributed by atoms with van der Waals surface area (Å²) >= 11 is 3.50. The van der Waals surface area contributed by atoms with Crippen LogP contribution >= 0.6 is 15.9 Å². The summed E-state index contributed by atoms with van der Waals surface area (Å²) in [6, 6.07) is 6.39. The smallest absolute Gasteiger partial charge is 0.255 e. The van der Waals surface area contributed by atoms with Crippen LogP contribution < -0.4 is 4.74 Å². The number of hydrogen-bond acceptors (Lipinski definition) is 2. The summed E-state index contributed by atoms with van der Waals surface area (Å²) in [5.41, 5.74) is 0.712. The maximum Gasteiger partial charge on any atom is 0.255 e. The van der Waals surface area contributed by atoms with Gasteiger partial charge in [-0.1, -0.05) is 0 Å². The molecule has 2 aliphatic carbocycles. The second kappa shape index (κ2) is 5.40. The molecule has 3 nitrogen and oxygen atoms in total. The van der Waals surface area contributed by atoms with E-state index >= 15 is 0 Å². The molecule has 1 unspecified atom stereocenters. The molecule has 0 saturated heterocycles. The molecule has 20 heavy (non-hydrogen) atoms. The highest BCUT2D eigenvalue weighted by atomic mass is 79.9. The summed E-state index contributed by atoms with van der Waals surface area (Å²) in [4.78, 5) is 15.0. The molecular formula is C16H20BrNO2. The molecule has 1 amide bonds. The average molecular weight is 338 g/mol. The van der Waals surface area contributed by atoms with Gasteiger partial charge in [0.2, 0.25) is 0 Å². The third kappa shape index (κ3) is 2.71. The maximum atomic E-state index is 12.9. The van der Waals surface area contributed by atoms with Crippen molar-refractivity contribution in [3.8, 4) is 5.75 Å². The highest BCUT2D eigenvalue weighted by Gasteiger charge is 2.42. The van der Waals surface area contributed by atoms with Crippen molar-refractivity contribution in [3.63, 3.8) is 0 Å². The first-order valence-electron chi connectivity index (χ1n) is 7.28. The molecule has 1 aromatic rings. The fourth-order valence-corrected chi connectivity index (χ4v) is 3.19. The van der Waals surface area contributed by atoms with Gasteiger partial charge >= 0.3 is 0 Å². The van der Waals surface area contributed by atoms with Crippen molar-refractivity contribution in [1.82, 2.24) is 4.90 Å². The third-order valence-corrected chi connectivity index (χ3v) is 5.01. The number of carbonyl (C=O) groups is 1. The average Bonchev–Trinajstić information content (AvgIpc) is 3.30. The molecule has 2 fully saturated rings. The van der Waals surface area contributed by atoms with Crippen molar-refractivity contribution in [2.24, 2.45) is 5.92 Å². The van der Waals surface area contributed by atoms with Crippen LogP contribution in [0.1, 0.15) is 43.0 Å². The van der Waals surface area contributed by atoms with E-state index in [0.29, 0.717) is 23.6 Å². The quantitative estimate of drug-likeness (QED) is 0.816. The van der Waals surface area contributed by atoms with Gasteiger partial charge in [-0.3, -0.25) is 4.79 Å². The van der Waals surface area contributed by atoms with Crippen molar-refractivity contribution in [3.05, 3.63) is 28.2 Å². The molecule has 1 aromatic carbocycles. The fourth-order valence-electron chi connectivity index (χ4n) is 2.78. The molecule has 108 valence electrons. The van der Waals surface area contributed by atoms with Gasteiger partial charge in [0.05, 0.1) is 12.7 Å². The third-order valence-electron chi connectivity index (χ3n) is 4.32. The number of hydrogen-bond donors (Lipinski definition) is 0. The zero-order chi connectivity index (χ0) is 14.3. The molecule has 0 bridgehead atoms. The van der Waals surface area contributed by atoms with Gasteiger partial charge < -0.3 is 9.64 Å². The van der Waals surface area contributed by atoms with Crippen LogP contribution in [0.15, 0.2) is 22.7 Å². The number of nitrogens with zero attached hydrogens (tertiary/aromatic N) is 1. The lowest BCUT2D eigenvalue weighted by Crippen LogP contribution is -2.41. The Morgan fingerprint density at radius 2 is 2.05 bits per heavy atom. The maximum absolute atomic E-state index is 12.9. The van der Waals surface area contributed by atoms with Crippen molar-refractivity contribution >= 4 is 21.8 Å². The van der Waals surface area contributed by atoms with Gasteiger partial charge in [0.15, 0.2) is 0 Å². The molecule has 0 radical (unpaired) electrons. The van der Waals surface area contributed by atoms with Crippen LogP contribution in [-0.2, 0) is 0 Å². The highest BCUT2D eigenvalue weighted by molar-refractivity contribution is 9.10. The van der Waals surface area contributed by atoms with Gasteiger partial charge in [0, 0.05) is 16.6 Å². The van der Waals surface area contributed by atoms with E-state index in [1.165, 1.54) is 12.8 Å². The lowest BCUT2D eigenvalue weighted by molar-refractivity contribution is 0.0653. The molecule has 2 saturated carbocycles. The molecule has 0 aromatic heterocycles. The van der Waals surface area contributed by atoms with Crippen molar-refractivity contribution in [2.45, 2.75) is 44.7 Å². The summed E-state index contributed by atoms with van der Waals surface area (Å²) < 4.78 is 6.09. The Hall–Kier alpha value is -1.03. The Morgan fingerprint density at radius 3 is 2.60 bits per heavy atom. The molecule has 4 heteroatoms. The summed E-state index contributed by atoms with van der Waals surface area (Å²) in [6.45, 7) is 2.20. The van der Waals surface area contributed by atoms with Gasteiger partial charge in [-0.05, 0) is 72.7 Å². The molecule has 0 aliphatic heterocycles. The molecule has 0 N–H and O–H groups in total. The standard InChI is InChI=1S/C16H20BrNO2/c1-10(11-3-4-11)18(12-5-6-12)16(19)14-9-13(20-2)7-8-15(14)17/h7-12H,3-6H2,1-2H3. The Kier molecular flexibility index (Phi) is 3.76. The Labute approximate surface area is 128 Å². The van der Waals surface area contributed by atoms with E-state index in [9.17, 15) is 4.79 Å². The molecular weight excluding hydrogens is 318 g/mol. The van der Waals surface area contributed by atoms with Crippen LogP contribution in [0.2, 0.25) is 0 Å². The largest absolute Gasteiger partial charge is 0.497 e. The predicted molar refractivity (Wildman–Crippen MR) is 82.1 cm³/mol. The summed E-state index contributed by atoms with van der Waals surface area (Å²) in [5, 5.41) is 0. The van der Waals surface area contributed by atoms with E-state index in [-0.39, 0.29) is 5.91 Å². The van der Waals surface area contributed by atoms with Crippen molar-refractivity contribution in [1.29, 1.82) is 0 Å². The van der Waals surface area contributed by atoms with Crippen molar-refractivity contribution in [2.75, 3.05) is 7.11 Å². The summed E-state index contributed by atoms with van der Waals surface area (Å²) in [6.07, 6.45) is 4.81. The summed E-state index contributed by atoms with van der Waals surface area (Å²) in [5.74, 6) is 1.56. The van der Waals surface area contributed by atoms with Gasteiger partial charge in [-0.15, -0.1) is 0 Å². The van der Waals surface area contributed by atoms with Crippen LogP contribution in [-0.4, -0.2) is 30.0 Å². The number of halogens is 1. The number of benzene rings is 1. The zero-order valence-corrected chi connectivity index (χ0v) is 13.5. The van der Waals surface area contributed by atoms with Crippen LogP contribution in [0.5, 0.6) is 5.75 Å². The van der Waals surface area contributed by atoms with E-state index < -0.39 is 0 Å². The van der Waals surface area contributed by atoms with E-state index in [4.69, 9.17) is 4.74 Å².